The molecule has 0 heterocycles. The van der Waals surface area contributed by atoms with Crippen LogP contribution in [0.4, 0.5) is 0 Å². The number of aliphatic hydroxyl groups is 1. The van der Waals surface area contributed by atoms with E-state index in [1.54, 1.807) is 0 Å². The molecule has 0 amide bonds. The van der Waals surface area contributed by atoms with Crippen molar-refractivity contribution in [2.75, 3.05) is 27.2 Å². The topological polar surface area (TPSA) is 57.5 Å². The van der Waals surface area contributed by atoms with E-state index in [-0.39, 0.29) is 0 Å². The Balaban J connectivity index is 3.65. The molecular formula is C29H60NO3+. The van der Waals surface area contributed by atoms with Crippen molar-refractivity contribution in [3.63, 3.8) is 0 Å². The number of rotatable bonds is 25. The minimum atomic E-state index is -0.676. The lowest BCUT2D eigenvalue weighted by Crippen LogP contribution is -2.50. The van der Waals surface area contributed by atoms with Gasteiger partial charge in [-0.05, 0) is 32.6 Å². The first-order chi connectivity index (χ1) is 15.7. The second-order valence-corrected chi connectivity index (χ2v) is 11.6. The number of carboxylic acids is 1. The zero-order valence-electron chi connectivity index (χ0n) is 23.0. The van der Waals surface area contributed by atoms with Crippen LogP contribution in [0.15, 0.2) is 0 Å². The Labute approximate surface area is 207 Å². The van der Waals surface area contributed by atoms with Crippen LogP contribution in [-0.4, -0.2) is 53.5 Å². The summed E-state index contributed by atoms with van der Waals surface area (Å²) >= 11 is 0. The zero-order chi connectivity index (χ0) is 24.8. The Morgan fingerprint density at radius 3 is 1.52 bits per heavy atom. The number of carbonyl (C=O) groups is 1. The zero-order valence-corrected chi connectivity index (χ0v) is 23.0. The first kappa shape index (κ1) is 32.4. The van der Waals surface area contributed by atoms with Gasteiger partial charge in [-0.3, -0.25) is 4.79 Å². The molecule has 0 aliphatic heterocycles. The summed E-state index contributed by atoms with van der Waals surface area (Å²) in [4.78, 5) is 10.5. The van der Waals surface area contributed by atoms with Crippen LogP contribution in [0.3, 0.4) is 0 Å². The van der Waals surface area contributed by atoms with Crippen LogP contribution in [-0.2, 0) is 4.79 Å². The van der Waals surface area contributed by atoms with Crippen molar-refractivity contribution in [2.24, 2.45) is 0 Å². The highest BCUT2D eigenvalue weighted by Gasteiger charge is 2.29. The highest BCUT2D eigenvalue weighted by Crippen LogP contribution is 2.21. The van der Waals surface area contributed by atoms with Crippen molar-refractivity contribution < 1.29 is 19.5 Å². The predicted octanol–water partition coefficient (Wildman–Crippen LogP) is 8.11. The normalized spacial score (nSPS) is 13.8. The maximum atomic E-state index is 10.9. The largest absolute Gasteiger partial charge is 0.481 e. The van der Waals surface area contributed by atoms with Crippen LogP contribution >= 0.6 is 0 Å². The fourth-order valence-corrected chi connectivity index (χ4v) is 5.13. The summed E-state index contributed by atoms with van der Waals surface area (Å²) in [6.45, 7) is 6.26. The van der Waals surface area contributed by atoms with Crippen LogP contribution in [0, 0.1) is 0 Å². The van der Waals surface area contributed by atoms with Gasteiger partial charge in [-0.25, -0.2) is 0 Å². The number of quaternary nitrogens is 1. The molecule has 0 aliphatic rings. The van der Waals surface area contributed by atoms with Gasteiger partial charge < -0.3 is 14.7 Å². The fourth-order valence-electron chi connectivity index (χ4n) is 5.13. The van der Waals surface area contributed by atoms with Crippen molar-refractivity contribution in [3.05, 3.63) is 0 Å². The summed E-state index contributed by atoms with van der Waals surface area (Å²) in [5.74, 6) is -0.676. The van der Waals surface area contributed by atoms with Crippen molar-refractivity contribution >= 4 is 5.97 Å². The third-order valence-corrected chi connectivity index (χ3v) is 6.99. The predicted molar refractivity (Wildman–Crippen MR) is 143 cm³/mol. The number of aliphatic carboxylic acids is 1. The second kappa shape index (κ2) is 20.7. The van der Waals surface area contributed by atoms with E-state index in [1.807, 2.05) is 6.92 Å². The maximum absolute atomic E-state index is 10.9. The molecule has 4 nitrogen and oxygen atoms in total. The van der Waals surface area contributed by atoms with Gasteiger partial charge in [0, 0.05) is 6.42 Å². The maximum Gasteiger partial charge on any atom is 0.303 e. The highest BCUT2D eigenvalue weighted by molar-refractivity contribution is 5.66. The van der Waals surface area contributed by atoms with Crippen molar-refractivity contribution in [1.29, 1.82) is 0 Å². The summed E-state index contributed by atoms with van der Waals surface area (Å²) in [5, 5.41) is 19.6. The molecule has 0 spiro atoms. The molecule has 0 bridgehead atoms. The quantitative estimate of drug-likeness (QED) is 0.105. The van der Waals surface area contributed by atoms with Crippen LogP contribution in [0.1, 0.15) is 149 Å². The van der Waals surface area contributed by atoms with Crippen molar-refractivity contribution in [1.82, 2.24) is 0 Å². The molecule has 33 heavy (non-hydrogen) atoms. The Morgan fingerprint density at radius 2 is 1.06 bits per heavy atom. The Kier molecular flexibility index (Phi) is 20.4. The van der Waals surface area contributed by atoms with E-state index in [4.69, 9.17) is 5.11 Å². The van der Waals surface area contributed by atoms with E-state index in [2.05, 4.69) is 21.0 Å². The lowest BCUT2D eigenvalue weighted by atomic mass is 9.96. The van der Waals surface area contributed by atoms with Crippen LogP contribution in [0.25, 0.3) is 0 Å². The molecule has 198 valence electrons. The smallest absolute Gasteiger partial charge is 0.303 e. The molecule has 4 heteroatoms. The molecule has 0 radical (unpaired) electrons. The first-order valence-corrected chi connectivity index (χ1v) is 14.4. The van der Waals surface area contributed by atoms with E-state index < -0.39 is 11.6 Å². The number of hydrogen-bond donors (Lipinski definition) is 2. The number of unbranched alkanes of at least 4 members (excludes halogenated alkanes) is 17. The van der Waals surface area contributed by atoms with Gasteiger partial charge in [0.2, 0.25) is 0 Å². The number of nitrogens with zero attached hydrogens (tertiary/aromatic N) is 1. The molecule has 2 N–H and O–H groups in total. The second-order valence-electron chi connectivity index (χ2n) is 11.6. The van der Waals surface area contributed by atoms with Gasteiger partial charge in [-0.15, -0.1) is 0 Å². The third kappa shape index (κ3) is 24.3. The number of hydrogen-bond acceptors (Lipinski definition) is 2. The molecular weight excluding hydrogens is 410 g/mol. The lowest BCUT2D eigenvalue weighted by molar-refractivity contribution is -0.896. The fraction of sp³-hybridized carbons (Fsp3) is 0.966. The lowest BCUT2D eigenvalue weighted by Gasteiger charge is -2.36. The van der Waals surface area contributed by atoms with Crippen molar-refractivity contribution in [3.8, 4) is 0 Å². The average molecular weight is 471 g/mol. The number of likely N-dealkylation sites (N-methyl/N-ethyl adjacent to an activating group) is 1. The van der Waals surface area contributed by atoms with E-state index in [0.29, 0.717) is 6.42 Å². The van der Waals surface area contributed by atoms with E-state index >= 15 is 0 Å². The van der Waals surface area contributed by atoms with Crippen LogP contribution in [0.2, 0.25) is 0 Å². The van der Waals surface area contributed by atoms with E-state index in [1.165, 1.54) is 96.3 Å². The van der Waals surface area contributed by atoms with Crippen LogP contribution in [0.5, 0.6) is 0 Å². The summed E-state index contributed by atoms with van der Waals surface area (Å²) < 4.78 is 0.893. The van der Waals surface area contributed by atoms with Gasteiger partial charge in [0.15, 0.2) is 0 Å². The van der Waals surface area contributed by atoms with Crippen LogP contribution < -0.4 is 0 Å². The Hall–Kier alpha value is -0.610. The minimum absolute atomic E-state index is 0.310. The summed E-state index contributed by atoms with van der Waals surface area (Å²) in [7, 11) is 4.51. The van der Waals surface area contributed by atoms with E-state index in [0.717, 1.165) is 49.7 Å². The average Bonchev–Trinajstić information content (AvgIpc) is 2.72. The molecule has 0 aliphatic carbocycles. The van der Waals surface area contributed by atoms with Gasteiger partial charge in [-0.2, -0.15) is 0 Å². The highest BCUT2D eigenvalue weighted by atomic mass is 16.4. The van der Waals surface area contributed by atoms with Gasteiger partial charge >= 0.3 is 5.97 Å². The van der Waals surface area contributed by atoms with Crippen molar-refractivity contribution in [2.45, 2.75) is 154 Å². The van der Waals surface area contributed by atoms with Gasteiger partial charge in [-0.1, -0.05) is 110 Å². The Morgan fingerprint density at radius 1 is 0.667 bits per heavy atom. The molecule has 0 rings (SSSR count). The van der Waals surface area contributed by atoms with Gasteiger partial charge in [0.05, 0.1) is 20.6 Å². The molecule has 1 atom stereocenters. The summed E-state index contributed by atoms with van der Waals surface area (Å²) in [6, 6.07) is 0. The third-order valence-electron chi connectivity index (χ3n) is 6.99. The molecule has 0 saturated carbocycles. The SMILES string of the molecule is CCCCCCCCCCCCCCC(C)(O)C[N+](C)(C)CCCCCCCCCC(=O)O. The molecule has 0 aromatic carbocycles. The van der Waals surface area contributed by atoms with Gasteiger partial charge in [0.25, 0.3) is 0 Å². The van der Waals surface area contributed by atoms with E-state index in [9.17, 15) is 9.90 Å². The molecule has 1 unspecified atom stereocenters. The Bertz CT molecular complexity index is 448. The molecule has 0 aromatic rings. The monoisotopic (exact) mass is 470 g/mol. The first-order valence-electron chi connectivity index (χ1n) is 14.4. The molecule has 0 fully saturated rings. The number of carboxylic acid groups (broad SMARTS) is 1. The molecule has 0 aromatic heterocycles. The summed E-state index contributed by atoms with van der Waals surface area (Å²) in [5.41, 5.74) is -0.563. The minimum Gasteiger partial charge on any atom is -0.481 e. The standard InChI is InChI=1S/C29H59NO3/c1-5-6-7-8-9-10-11-12-13-16-19-22-25-29(2,33)27-30(3,4)26-23-20-17-14-15-18-21-24-28(31)32/h33H,5-27H2,1-4H3/p+1. The summed E-state index contributed by atoms with van der Waals surface area (Å²) in [6.07, 6.45) is 25.4. The molecule has 0 saturated heterocycles. The van der Waals surface area contributed by atoms with Gasteiger partial charge in [0.1, 0.15) is 12.1 Å².